The van der Waals surface area contributed by atoms with Crippen LogP contribution in [0.25, 0.3) is 16.7 Å². The van der Waals surface area contributed by atoms with E-state index in [4.69, 9.17) is 5.26 Å². The number of rotatable bonds is 7. The van der Waals surface area contributed by atoms with Crippen LogP contribution in [0.15, 0.2) is 81.7 Å². The predicted octanol–water partition coefficient (Wildman–Crippen LogP) is 4.44. The van der Waals surface area contributed by atoms with Crippen LogP contribution in [0.5, 0.6) is 0 Å². The highest BCUT2D eigenvalue weighted by Crippen LogP contribution is 2.27. The van der Waals surface area contributed by atoms with Crippen LogP contribution in [0.3, 0.4) is 0 Å². The van der Waals surface area contributed by atoms with Gasteiger partial charge in [0, 0.05) is 11.1 Å². The molecular formula is C24H19N5O2S2. The van der Waals surface area contributed by atoms with Crippen LogP contribution in [-0.2, 0) is 4.79 Å². The van der Waals surface area contributed by atoms with Gasteiger partial charge in [0.25, 0.3) is 5.56 Å². The van der Waals surface area contributed by atoms with Crippen LogP contribution >= 0.6 is 23.5 Å². The van der Waals surface area contributed by atoms with Gasteiger partial charge >= 0.3 is 0 Å². The molecule has 9 heteroatoms. The third-order valence-electron chi connectivity index (χ3n) is 4.66. The number of aryl methyl sites for hydroxylation is 1. The van der Waals surface area contributed by atoms with Gasteiger partial charge in [-0.3, -0.25) is 9.59 Å². The second-order valence-corrected chi connectivity index (χ2v) is 8.99. The van der Waals surface area contributed by atoms with E-state index in [1.807, 2.05) is 37.3 Å². The van der Waals surface area contributed by atoms with Gasteiger partial charge in [-0.1, -0.05) is 42.1 Å². The van der Waals surface area contributed by atoms with Crippen LogP contribution < -0.4 is 10.9 Å². The summed E-state index contributed by atoms with van der Waals surface area (Å²) in [6.45, 7) is 1.92. The molecule has 33 heavy (non-hydrogen) atoms. The van der Waals surface area contributed by atoms with Gasteiger partial charge in [0.2, 0.25) is 5.91 Å². The lowest BCUT2D eigenvalue weighted by Gasteiger charge is -2.13. The largest absolute Gasteiger partial charge is 0.324 e. The predicted molar refractivity (Wildman–Crippen MR) is 132 cm³/mol. The van der Waals surface area contributed by atoms with Crippen molar-refractivity contribution in [2.24, 2.45) is 0 Å². The lowest BCUT2D eigenvalue weighted by Crippen LogP contribution is -2.23. The minimum atomic E-state index is -0.240. The standard InChI is InChI=1S/C24H19N5O2S2/c1-16-10-11-21(26-14-16)29-23(31)17-6-2-3-7-18(17)28-24(29)33-15-22(30)27-19-8-4-5-9-20(19)32-13-12-25/h2-11,14H,13,15H2,1H3,(H,27,30). The summed E-state index contributed by atoms with van der Waals surface area (Å²) in [6, 6.07) is 20.2. The molecule has 4 aromatic rings. The number of hydrogen-bond donors (Lipinski definition) is 1. The van der Waals surface area contributed by atoms with Gasteiger partial charge in [-0.25, -0.2) is 14.5 Å². The SMILES string of the molecule is Cc1ccc(-n2c(SCC(=O)Nc3ccccc3SCC#N)nc3ccccc3c2=O)nc1. The molecule has 164 valence electrons. The number of fused-ring (bicyclic) bond motifs is 1. The van der Waals surface area contributed by atoms with Crippen LogP contribution in [0.4, 0.5) is 5.69 Å². The molecule has 0 aliphatic heterocycles. The van der Waals surface area contributed by atoms with E-state index in [9.17, 15) is 9.59 Å². The highest BCUT2D eigenvalue weighted by molar-refractivity contribution is 8.00. The smallest absolute Gasteiger partial charge is 0.267 e. The van der Waals surface area contributed by atoms with Gasteiger partial charge in [0.05, 0.1) is 34.2 Å². The Morgan fingerprint density at radius 1 is 1.09 bits per heavy atom. The summed E-state index contributed by atoms with van der Waals surface area (Å²) in [7, 11) is 0. The molecular weight excluding hydrogens is 454 g/mol. The van der Waals surface area contributed by atoms with E-state index >= 15 is 0 Å². The molecule has 0 fully saturated rings. The lowest BCUT2D eigenvalue weighted by atomic mass is 10.2. The molecule has 0 atom stereocenters. The van der Waals surface area contributed by atoms with Crippen LogP contribution in [0.2, 0.25) is 0 Å². The Labute approximate surface area is 198 Å². The Morgan fingerprint density at radius 3 is 2.67 bits per heavy atom. The Hall–Kier alpha value is -3.61. The molecule has 0 spiro atoms. The summed E-state index contributed by atoms with van der Waals surface area (Å²) in [5, 5.41) is 12.6. The summed E-state index contributed by atoms with van der Waals surface area (Å²) in [5.41, 5.74) is 1.94. The fourth-order valence-corrected chi connectivity index (χ4v) is 4.60. The maximum atomic E-state index is 13.3. The van der Waals surface area contributed by atoms with Crippen molar-refractivity contribution in [3.63, 3.8) is 0 Å². The van der Waals surface area contributed by atoms with Gasteiger partial charge in [-0.05, 0) is 42.8 Å². The van der Waals surface area contributed by atoms with Crippen molar-refractivity contribution in [3.05, 3.63) is 82.8 Å². The Kier molecular flexibility index (Phi) is 7.07. The molecule has 1 N–H and O–H groups in total. The highest BCUT2D eigenvalue weighted by Gasteiger charge is 2.16. The second kappa shape index (κ2) is 10.3. The molecule has 0 saturated heterocycles. The molecule has 2 aromatic heterocycles. The van der Waals surface area contributed by atoms with Gasteiger partial charge < -0.3 is 5.32 Å². The van der Waals surface area contributed by atoms with E-state index in [2.05, 4.69) is 21.4 Å². The topological polar surface area (TPSA) is 101 Å². The Morgan fingerprint density at radius 2 is 1.88 bits per heavy atom. The van der Waals surface area contributed by atoms with Crippen molar-refractivity contribution in [3.8, 4) is 11.9 Å². The number of pyridine rings is 1. The first-order valence-corrected chi connectivity index (χ1v) is 12.0. The number of anilines is 1. The van der Waals surface area contributed by atoms with Gasteiger partial charge in [0.1, 0.15) is 5.82 Å². The zero-order valence-electron chi connectivity index (χ0n) is 17.7. The molecule has 0 saturated carbocycles. The summed E-state index contributed by atoms with van der Waals surface area (Å²) in [5.74, 6) is 0.549. The van der Waals surface area contributed by atoms with E-state index in [-0.39, 0.29) is 17.2 Å². The number of nitrogens with zero attached hydrogens (tertiary/aromatic N) is 4. The molecule has 0 aliphatic rings. The number of para-hydroxylation sites is 2. The van der Waals surface area contributed by atoms with E-state index in [1.54, 1.807) is 36.5 Å². The number of hydrogen-bond acceptors (Lipinski definition) is 7. The quantitative estimate of drug-likeness (QED) is 0.313. The Bertz CT molecular complexity index is 1410. The monoisotopic (exact) mass is 473 g/mol. The van der Waals surface area contributed by atoms with E-state index in [0.717, 1.165) is 10.5 Å². The number of carbonyl (C=O) groups is 1. The second-order valence-electron chi connectivity index (χ2n) is 7.03. The molecule has 7 nitrogen and oxygen atoms in total. The average molecular weight is 474 g/mol. The van der Waals surface area contributed by atoms with E-state index < -0.39 is 0 Å². The molecule has 0 bridgehead atoms. The summed E-state index contributed by atoms with van der Waals surface area (Å²) in [6.07, 6.45) is 1.69. The fourth-order valence-electron chi connectivity index (χ4n) is 3.13. The van der Waals surface area contributed by atoms with E-state index in [1.165, 1.54) is 28.1 Å². The highest BCUT2D eigenvalue weighted by atomic mass is 32.2. The maximum Gasteiger partial charge on any atom is 0.267 e. The van der Waals surface area contributed by atoms with Gasteiger partial charge in [-0.2, -0.15) is 5.26 Å². The molecule has 2 heterocycles. The third kappa shape index (κ3) is 5.25. The number of thioether (sulfide) groups is 2. The molecule has 0 radical (unpaired) electrons. The molecule has 2 aromatic carbocycles. The molecule has 0 aliphatic carbocycles. The number of amides is 1. The number of aromatic nitrogens is 3. The Balaban J connectivity index is 1.62. The van der Waals surface area contributed by atoms with Gasteiger partial charge in [-0.15, -0.1) is 11.8 Å². The number of carbonyl (C=O) groups excluding carboxylic acids is 1. The van der Waals surface area contributed by atoms with Crippen molar-refractivity contribution in [2.75, 3.05) is 16.8 Å². The number of nitriles is 1. The van der Waals surface area contributed by atoms with Crippen LogP contribution in [0, 0.1) is 18.3 Å². The van der Waals surface area contributed by atoms with Crippen molar-refractivity contribution >= 4 is 46.0 Å². The van der Waals surface area contributed by atoms with Crippen LogP contribution in [0.1, 0.15) is 5.56 Å². The zero-order valence-corrected chi connectivity index (χ0v) is 19.3. The molecule has 4 rings (SSSR count). The first-order valence-electron chi connectivity index (χ1n) is 10.0. The first kappa shape index (κ1) is 22.6. The van der Waals surface area contributed by atoms with Crippen molar-refractivity contribution in [1.29, 1.82) is 5.26 Å². The summed E-state index contributed by atoms with van der Waals surface area (Å²) < 4.78 is 1.44. The van der Waals surface area contributed by atoms with E-state index in [0.29, 0.717) is 33.3 Å². The van der Waals surface area contributed by atoms with Crippen LogP contribution in [-0.4, -0.2) is 31.9 Å². The number of benzene rings is 2. The summed E-state index contributed by atoms with van der Waals surface area (Å²) in [4.78, 5) is 35.8. The summed E-state index contributed by atoms with van der Waals surface area (Å²) >= 11 is 2.53. The van der Waals surface area contributed by atoms with Crippen molar-refractivity contribution in [1.82, 2.24) is 14.5 Å². The third-order valence-corrected chi connectivity index (χ3v) is 6.53. The van der Waals surface area contributed by atoms with Crippen molar-refractivity contribution < 1.29 is 4.79 Å². The average Bonchev–Trinajstić information content (AvgIpc) is 2.83. The normalized spacial score (nSPS) is 10.7. The minimum absolute atomic E-state index is 0.0495. The first-order chi connectivity index (χ1) is 16.1. The lowest BCUT2D eigenvalue weighted by molar-refractivity contribution is -0.113. The molecule has 0 unspecified atom stereocenters. The zero-order chi connectivity index (χ0) is 23.2. The molecule has 1 amide bonds. The van der Waals surface area contributed by atoms with Crippen molar-refractivity contribution in [2.45, 2.75) is 17.0 Å². The van der Waals surface area contributed by atoms with Gasteiger partial charge in [0.15, 0.2) is 5.16 Å². The fraction of sp³-hybridized carbons (Fsp3) is 0.125. The minimum Gasteiger partial charge on any atom is -0.324 e. The maximum absolute atomic E-state index is 13.3. The number of nitrogens with one attached hydrogen (secondary N) is 1.